The molecule has 0 fully saturated rings. The molecule has 0 aliphatic rings. The summed E-state index contributed by atoms with van der Waals surface area (Å²) in [4.78, 5) is 26.7. The van der Waals surface area contributed by atoms with Crippen LogP contribution in [0.2, 0.25) is 0 Å². The van der Waals surface area contributed by atoms with Crippen LogP contribution in [0.15, 0.2) is 41.8 Å². The molecule has 0 saturated carbocycles. The topological polar surface area (TPSA) is 49.4 Å². The van der Waals surface area contributed by atoms with E-state index in [1.54, 1.807) is 35.6 Å². The van der Waals surface area contributed by atoms with Crippen molar-refractivity contribution in [3.05, 3.63) is 52.2 Å². The van der Waals surface area contributed by atoms with Gasteiger partial charge in [0.15, 0.2) is 5.78 Å². The zero-order valence-corrected chi connectivity index (χ0v) is 13.8. The fraction of sp³-hybridized carbons (Fsp3) is 0.294. The van der Waals surface area contributed by atoms with Crippen LogP contribution in [0.1, 0.15) is 35.1 Å². The average molecular weight is 316 g/mol. The van der Waals surface area contributed by atoms with Gasteiger partial charge in [-0.1, -0.05) is 18.2 Å². The highest BCUT2D eigenvalue weighted by Gasteiger charge is 2.15. The first-order valence-corrected chi connectivity index (χ1v) is 8.00. The second-order valence-electron chi connectivity index (χ2n) is 5.29. The molecule has 1 aromatic carbocycles. The second-order valence-corrected chi connectivity index (χ2v) is 6.27. The SMILES string of the molecule is CC(=O)c1cccc(NC(=O)CN(C)[C@@H](C)c2cccs2)c1. The number of nitrogens with zero attached hydrogens (tertiary/aromatic N) is 1. The smallest absolute Gasteiger partial charge is 0.238 e. The van der Waals surface area contributed by atoms with Crippen molar-refractivity contribution < 1.29 is 9.59 Å². The van der Waals surface area contributed by atoms with E-state index in [-0.39, 0.29) is 17.7 Å². The number of thiophene rings is 1. The second kappa shape index (κ2) is 7.33. The molecule has 1 amide bonds. The number of carbonyl (C=O) groups is 2. The normalized spacial score (nSPS) is 12.2. The van der Waals surface area contributed by atoms with Gasteiger partial charge in [-0.3, -0.25) is 14.5 Å². The molecule has 0 spiro atoms. The monoisotopic (exact) mass is 316 g/mol. The van der Waals surface area contributed by atoms with E-state index in [9.17, 15) is 9.59 Å². The van der Waals surface area contributed by atoms with Crippen molar-refractivity contribution in [2.45, 2.75) is 19.9 Å². The van der Waals surface area contributed by atoms with Crippen LogP contribution in [0.25, 0.3) is 0 Å². The molecule has 5 heteroatoms. The summed E-state index contributed by atoms with van der Waals surface area (Å²) in [5.41, 5.74) is 1.24. The van der Waals surface area contributed by atoms with Gasteiger partial charge in [-0.2, -0.15) is 0 Å². The van der Waals surface area contributed by atoms with Crippen molar-refractivity contribution >= 4 is 28.7 Å². The number of likely N-dealkylation sites (N-methyl/N-ethyl adjacent to an activating group) is 1. The molecule has 0 bridgehead atoms. The summed E-state index contributed by atoms with van der Waals surface area (Å²) < 4.78 is 0. The van der Waals surface area contributed by atoms with Gasteiger partial charge in [-0.05, 0) is 44.5 Å². The molecule has 22 heavy (non-hydrogen) atoms. The predicted molar refractivity (Wildman–Crippen MR) is 90.4 cm³/mol. The highest BCUT2D eigenvalue weighted by atomic mass is 32.1. The van der Waals surface area contributed by atoms with Crippen LogP contribution in [-0.4, -0.2) is 30.2 Å². The molecule has 1 heterocycles. The molecule has 2 aromatic rings. The molecule has 1 aromatic heterocycles. The van der Waals surface area contributed by atoms with Crippen molar-refractivity contribution in [3.8, 4) is 0 Å². The van der Waals surface area contributed by atoms with Gasteiger partial charge in [-0.15, -0.1) is 11.3 Å². The van der Waals surface area contributed by atoms with Crippen molar-refractivity contribution in [1.82, 2.24) is 4.90 Å². The lowest BCUT2D eigenvalue weighted by Gasteiger charge is -2.23. The van der Waals surface area contributed by atoms with E-state index >= 15 is 0 Å². The number of benzene rings is 1. The lowest BCUT2D eigenvalue weighted by Crippen LogP contribution is -2.31. The van der Waals surface area contributed by atoms with Crippen LogP contribution in [0.3, 0.4) is 0 Å². The van der Waals surface area contributed by atoms with Gasteiger partial charge < -0.3 is 5.32 Å². The maximum atomic E-state index is 12.1. The number of anilines is 1. The third-order valence-electron chi connectivity index (χ3n) is 3.56. The third kappa shape index (κ3) is 4.26. The van der Waals surface area contributed by atoms with Crippen LogP contribution < -0.4 is 5.32 Å². The van der Waals surface area contributed by atoms with E-state index in [1.807, 2.05) is 23.4 Å². The van der Waals surface area contributed by atoms with Gasteiger partial charge >= 0.3 is 0 Å². The van der Waals surface area contributed by atoms with Gasteiger partial charge in [0.05, 0.1) is 6.54 Å². The van der Waals surface area contributed by atoms with E-state index in [2.05, 4.69) is 18.3 Å². The molecule has 1 atom stereocenters. The third-order valence-corrected chi connectivity index (χ3v) is 4.60. The molecule has 2 rings (SSSR count). The van der Waals surface area contributed by atoms with Crippen molar-refractivity contribution in [1.29, 1.82) is 0 Å². The molecular weight excluding hydrogens is 296 g/mol. The molecule has 0 saturated heterocycles. The van der Waals surface area contributed by atoms with Crippen LogP contribution >= 0.6 is 11.3 Å². The first kappa shape index (κ1) is 16.4. The average Bonchev–Trinajstić information content (AvgIpc) is 3.00. The Morgan fingerprint density at radius 1 is 1.27 bits per heavy atom. The fourth-order valence-corrected chi connectivity index (χ4v) is 2.97. The highest BCUT2D eigenvalue weighted by Crippen LogP contribution is 2.23. The maximum Gasteiger partial charge on any atom is 0.238 e. The number of hydrogen-bond donors (Lipinski definition) is 1. The molecule has 4 nitrogen and oxygen atoms in total. The summed E-state index contributed by atoms with van der Waals surface area (Å²) in [6, 6.07) is 11.3. The Labute approximate surface area is 134 Å². The van der Waals surface area contributed by atoms with Crippen LogP contribution in [0.5, 0.6) is 0 Å². The Morgan fingerprint density at radius 3 is 2.68 bits per heavy atom. The summed E-state index contributed by atoms with van der Waals surface area (Å²) in [7, 11) is 1.93. The summed E-state index contributed by atoms with van der Waals surface area (Å²) in [6.45, 7) is 3.89. The van der Waals surface area contributed by atoms with Gasteiger partial charge in [0, 0.05) is 22.2 Å². The largest absolute Gasteiger partial charge is 0.325 e. The van der Waals surface area contributed by atoms with Gasteiger partial charge in [0.1, 0.15) is 0 Å². The van der Waals surface area contributed by atoms with Crippen molar-refractivity contribution in [3.63, 3.8) is 0 Å². The minimum Gasteiger partial charge on any atom is -0.325 e. The van der Waals surface area contributed by atoms with Gasteiger partial charge in [0.2, 0.25) is 5.91 Å². The van der Waals surface area contributed by atoms with Crippen molar-refractivity contribution in [2.24, 2.45) is 0 Å². The summed E-state index contributed by atoms with van der Waals surface area (Å²) in [5.74, 6) is -0.105. The number of carbonyl (C=O) groups excluding carboxylic acids is 2. The van der Waals surface area contributed by atoms with Crippen LogP contribution in [0.4, 0.5) is 5.69 Å². The maximum absolute atomic E-state index is 12.1. The number of hydrogen-bond acceptors (Lipinski definition) is 4. The van der Waals surface area contributed by atoms with E-state index in [0.717, 1.165) is 0 Å². The van der Waals surface area contributed by atoms with Gasteiger partial charge in [-0.25, -0.2) is 0 Å². The van der Waals surface area contributed by atoms with Crippen LogP contribution in [0, 0.1) is 0 Å². The predicted octanol–water partition coefficient (Wildman–Crippen LogP) is 3.58. The Morgan fingerprint density at radius 2 is 2.05 bits per heavy atom. The highest BCUT2D eigenvalue weighted by molar-refractivity contribution is 7.10. The Kier molecular flexibility index (Phi) is 5.46. The summed E-state index contributed by atoms with van der Waals surface area (Å²) in [5, 5.41) is 4.87. The van der Waals surface area contributed by atoms with Crippen LogP contribution in [-0.2, 0) is 4.79 Å². The molecule has 0 aliphatic heterocycles. The minimum atomic E-state index is -0.0911. The minimum absolute atomic E-state index is 0.0143. The number of ketones is 1. The zero-order valence-electron chi connectivity index (χ0n) is 13.0. The lowest BCUT2D eigenvalue weighted by molar-refractivity contribution is -0.117. The van der Waals surface area contributed by atoms with E-state index in [4.69, 9.17) is 0 Å². The molecule has 0 aliphatic carbocycles. The molecular formula is C17H20N2O2S. The van der Waals surface area contributed by atoms with Gasteiger partial charge in [0.25, 0.3) is 0 Å². The molecule has 1 N–H and O–H groups in total. The Balaban J connectivity index is 1.95. The zero-order chi connectivity index (χ0) is 16.1. The number of rotatable bonds is 6. The summed E-state index contributed by atoms with van der Waals surface area (Å²) >= 11 is 1.68. The molecule has 116 valence electrons. The Hall–Kier alpha value is -1.98. The first-order chi connectivity index (χ1) is 10.5. The standard InChI is InChI=1S/C17H20N2O2S/c1-12(16-8-5-9-22-16)19(3)11-17(21)18-15-7-4-6-14(10-15)13(2)20/h4-10,12H,11H2,1-3H3,(H,18,21)/t12-/m0/s1. The van der Waals surface area contributed by atoms with Crippen molar-refractivity contribution in [2.75, 3.05) is 18.9 Å². The lowest BCUT2D eigenvalue weighted by atomic mass is 10.1. The Bertz CT molecular complexity index is 652. The molecule has 0 radical (unpaired) electrons. The number of Topliss-reactive ketones (excluding diaryl/α,β-unsaturated/α-hetero) is 1. The fourth-order valence-electron chi connectivity index (χ4n) is 2.13. The van der Waals surface area contributed by atoms with E-state index < -0.39 is 0 Å². The first-order valence-electron chi connectivity index (χ1n) is 7.12. The van der Waals surface area contributed by atoms with E-state index in [1.165, 1.54) is 11.8 Å². The number of amides is 1. The number of nitrogens with one attached hydrogen (secondary N) is 1. The molecule has 0 unspecified atom stereocenters. The summed E-state index contributed by atoms with van der Waals surface area (Å²) in [6.07, 6.45) is 0. The quantitative estimate of drug-likeness (QED) is 0.829. The van der Waals surface area contributed by atoms with E-state index in [0.29, 0.717) is 17.8 Å².